The number of pyridine rings is 1. The molecule has 0 saturated carbocycles. The van der Waals surface area contributed by atoms with E-state index in [1.54, 1.807) is 6.20 Å². The monoisotopic (exact) mass is 351 g/mol. The van der Waals surface area contributed by atoms with Crippen LogP contribution in [0.1, 0.15) is 25.3 Å². The summed E-state index contributed by atoms with van der Waals surface area (Å²) in [5.41, 5.74) is 1.12. The SMILES string of the molecule is CCCOc1ccc2cc(OCC(O)CCc3cccnc3)ccc2c1. The van der Waals surface area contributed by atoms with Gasteiger partial charge in [-0.1, -0.05) is 25.1 Å². The van der Waals surface area contributed by atoms with Gasteiger partial charge in [0.1, 0.15) is 18.1 Å². The summed E-state index contributed by atoms with van der Waals surface area (Å²) in [5.74, 6) is 1.65. The second-order valence-electron chi connectivity index (χ2n) is 6.38. The molecular formula is C22H25NO3. The Morgan fingerprint density at radius 2 is 1.73 bits per heavy atom. The molecule has 0 radical (unpaired) electrons. The molecule has 0 amide bonds. The van der Waals surface area contributed by atoms with Crippen molar-refractivity contribution in [2.75, 3.05) is 13.2 Å². The maximum Gasteiger partial charge on any atom is 0.120 e. The first-order valence-electron chi connectivity index (χ1n) is 9.11. The summed E-state index contributed by atoms with van der Waals surface area (Å²) in [7, 11) is 0. The highest BCUT2D eigenvalue weighted by atomic mass is 16.5. The molecule has 0 spiro atoms. The van der Waals surface area contributed by atoms with Gasteiger partial charge in [-0.2, -0.15) is 0 Å². The van der Waals surface area contributed by atoms with E-state index in [0.717, 1.165) is 47.3 Å². The number of ether oxygens (including phenoxy) is 2. The average Bonchev–Trinajstić information content (AvgIpc) is 2.69. The van der Waals surface area contributed by atoms with Crippen LogP contribution in [0.4, 0.5) is 0 Å². The largest absolute Gasteiger partial charge is 0.494 e. The summed E-state index contributed by atoms with van der Waals surface area (Å²) < 4.78 is 11.4. The fourth-order valence-electron chi connectivity index (χ4n) is 2.76. The van der Waals surface area contributed by atoms with E-state index in [-0.39, 0.29) is 6.61 Å². The van der Waals surface area contributed by atoms with Gasteiger partial charge in [-0.25, -0.2) is 0 Å². The fraction of sp³-hybridized carbons (Fsp3) is 0.318. The number of aromatic nitrogens is 1. The summed E-state index contributed by atoms with van der Waals surface area (Å²) >= 11 is 0. The third kappa shape index (κ3) is 5.20. The molecule has 2 aromatic carbocycles. The van der Waals surface area contributed by atoms with Crippen molar-refractivity contribution in [1.29, 1.82) is 0 Å². The molecule has 3 aromatic rings. The molecule has 4 nitrogen and oxygen atoms in total. The number of hydrogen-bond donors (Lipinski definition) is 1. The Labute approximate surface area is 154 Å². The van der Waals surface area contributed by atoms with Crippen molar-refractivity contribution in [3.63, 3.8) is 0 Å². The molecule has 136 valence electrons. The lowest BCUT2D eigenvalue weighted by Crippen LogP contribution is -2.18. The Balaban J connectivity index is 1.53. The molecule has 1 heterocycles. The average molecular weight is 351 g/mol. The number of rotatable bonds is 9. The van der Waals surface area contributed by atoms with Crippen molar-refractivity contribution in [1.82, 2.24) is 4.98 Å². The van der Waals surface area contributed by atoms with Crippen molar-refractivity contribution in [2.24, 2.45) is 0 Å². The Morgan fingerprint density at radius 3 is 2.38 bits per heavy atom. The fourth-order valence-corrected chi connectivity index (χ4v) is 2.76. The number of benzene rings is 2. The van der Waals surface area contributed by atoms with E-state index in [9.17, 15) is 5.11 Å². The molecule has 0 aliphatic rings. The van der Waals surface area contributed by atoms with Crippen LogP contribution in [0.3, 0.4) is 0 Å². The molecule has 1 N–H and O–H groups in total. The number of aliphatic hydroxyl groups is 1. The van der Waals surface area contributed by atoms with E-state index in [2.05, 4.69) is 11.9 Å². The Morgan fingerprint density at radius 1 is 1.00 bits per heavy atom. The summed E-state index contributed by atoms with van der Waals surface area (Å²) in [5, 5.41) is 12.3. The van der Waals surface area contributed by atoms with Crippen molar-refractivity contribution in [3.8, 4) is 11.5 Å². The topological polar surface area (TPSA) is 51.6 Å². The van der Waals surface area contributed by atoms with Crippen molar-refractivity contribution < 1.29 is 14.6 Å². The van der Waals surface area contributed by atoms with Crippen LogP contribution in [0.5, 0.6) is 11.5 Å². The first-order valence-corrected chi connectivity index (χ1v) is 9.11. The van der Waals surface area contributed by atoms with Crippen molar-refractivity contribution in [2.45, 2.75) is 32.3 Å². The van der Waals surface area contributed by atoms with Gasteiger partial charge in [0.15, 0.2) is 0 Å². The number of aliphatic hydroxyl groups excluding tert-OH is 1. The summed E-state index contributed by atoms with van der Waals surface area (Å²) in [4.78, 5) is 4.09. The zero-order valence-electron chi connectivity index (χ0n) is 15.1. The molecule has 0 bridgehead atoms. The number of aryl methyl sites for hydroxylation is 1. The van der Waals surface area contributed by atoms with E-state index >= 15 is 0 Å². The van der Waals surface area contributed by atoms with E-state index in [0.29, 0.717) is 6.42 Å². The molecule has 4 heteroatoms. The standard InChI is InChI=1S/C22H25NO3/c1-2-12-25-21-9-6-19-14-22(10-7-18(19)13-21)26-16-20(24)8-5-17-4-3-11-23-15-17/h3-4,6-7,9-11,13-15,20,24H,2,5,8,12,16H2,1H3. The molecule has 1 atom stereocenters. The Bertz CT molecular complexity index is 820. The summed E-state index contributed by atoms with van der Waals surface area (Å²) in [6, 6.07) is 15.9. The normalized spacial score (nSPS) is 12.1. The van der Waals surface area contributed by atoms with Gasteiger partial charge in [-0.05, 0) is 65.9 Å². The molecule has 0 aliphatic carbocycles. The predicted octanol–water partition coefficient (Wildman–Crippen LogP) is 4.40. The van der Waals surface area contributed by atoms with Crippen LogP contribution in [0.2, 0.25) is 0 Å². The van der Waals surface area contributed by atoms with Crippen LogP contribution >= 0.6 is 0 Å². The highest BCUT2D eigenvalue weighted by Gasteiger charge is 2.07. The molecule has 1 aromatic heterocycles. The molecule has 0 fully saturated rings. The zero-order valence-corrected chi connectivity index (χ0v) is 15.1. The zero-order chi connectivity index (χ0) is 18.2. The first-order chi connectivity index (χ1) is 12.7. The number of nitrogens with zero attached hydrogens (tertiary/aromatic N) is 1. The van der Waals surface area contributed by atoms with E-state index < -0.39 is 6.10 Å². The number of hydrogen-bond acceptors (Lipinski definition) is 4. The van der Waals surface area contributed by atoms with Crippen molar-refractivity contribution in [3.05, 3.63) is 66.5 Å². The van der Waals surface area contributed by atoms with Gasteiger partial charge in [-0.3, -0.25) is 4.98 Å². The van der Waals surface area contributed by atoms with Gasteiger partial charge in [-0.15, -0.1) is 0 Å². The van der Waals surface area contributed by atoms with E-state index in [1.165, 1.54) is 0 Å². The van der Waals surface area contributed by atoms with E-state index in [4.69, 9.17) is 9.47 Å². The molecule has 3 rings (SSSR count). The van der Waals surface area contributed by atoms with Gasteiger partial charge in [0, 0.05) is 12.4 Å². The predicted molar refractivity (Wildman–Crippen MR) is 104 cm³/mol. The third-order valence-electron chi connectivity index (χ3n) is 4.19. The van der Waals surface area contributed by atoms with Crippen LogP contribution in [0, 0.1) is 0 Å². The highest BCUT2D eigenvalue weighted by molar-refractivity contribution is 5.85. The van der Waals surface area contributed by atoms with Crippen LogP contribution in [-0.4, -0.2) is 29.4 Å². The van der Waals surface area contributed by atoms with Crippen LogP contribution in [-0.2, 0) is 6.42 Å². The maximum atomic E-state index is 10.1. The minimum atomic E-state index is -0.504. The van der Waals surface area contributed by atoms with Gasteiger partial charge in [0.2, 0.25) is 0 Å². The minimum Gasteiger partial charge on any atom is -0.494 e. The van der Waals surface area contributed by atoms with E-state index in [1.807, 2.05) is 54.7 Å². The smallest absolute Gasteiger partial charge is 0.120 e. The lowest BCUT2D eigenvalue weighted by atomic mass is 10.1. The van der Waals surface area contributed by atoms with Crippen molar-refractivity contribution >= 4 is 10.8 Å². The molecule has 26 heavy (non-hydrogen) atoms. The third-order valence-corrected chi connectivity index (χ3v) is 4.19. The highest BCUT2D eigenvalue weighted by Crippen LogP contribution is 2.25. The number of fused-ring (bicyclic) bond motifs is 1. The van der Waals surface area contributed by atoms with Gasteiger partial charge in [0.25, 0.3) is 0 Å². The maximum absolute atomic E-state index is 10.1. The van der Waals surface area contributed by atoms with Crippen LogP contribution < -0.4 is 9.47 Å². The van der Waals surface area contributed by atoms with Crippen LogP contribution in [0.15, 0.2) is 60.9 Å². The molecular weight excluding hydrogens is 326 g/mol. The lowest BCUT2D eigenvalue weighted by molar-refractivity contribution is 0.100. The summed E-state index contributed by atoms with van der Waals surface area (Å²) in [6.07, 6.45) is 5.51. The Kier molecular flexibility index (Phi) is 6.45. The van der Waals surface area contributed by atoms with Gasteiger partial charge >= 0.3 is 0 Å². The Hall–Kier alpha value is -2.59. The molecule has 1 unspecified atom stereocenters. The second-order valence-corrected chi connectivity index (χ2v) is 6.38. The minimum absolute atomic E-state index is 0.281. The molecule has 0 saturated heterocycles. The second kappa shape index (κ2) is 9.20. The quantitative estimate of drug-likeness (QED) is 0.621. The summed E-state index contributed by atoms with van der Waals surface area (Å²) in [6.45, 7) is 3.10. The van der Waals surface area contributed by atoms with Gasteiger partial charge < -0.3 is 14.6 Å². The van der Waals surface area contributed by atoms with Gasteiger partial charge in [0.05, 0.1) is 12.7 Å². The lowest BCUT2D eigenvalue weighted by Gasteiger charge is -2.13. The molecule has 0 aliphatic heterocycles. The first kappa shape index (κ1) is 18.2. The van der Waals surface area contributed by atoms with Crippen LogP contribution in [0.25, 0.3) is 10.8 Å².